The van der Waals surface area contributed by atoms with Gasteiger partial charge in [-0.2, -0.15) is 0 Å². The third-order valence-corrected chi connectivity index (χ3v) is 6.14. The van der Waals surface area contributed by atoms with Crippen LogP contribution in [-0.4, -0.2) is 41.7 Å². The quantitative estimate of drug-likeness (QED) is 0.218. The molecule has 9 nitrogen and oxygen atoms in total. The molecule has 0 atom stereocenters. The van der Waals surface area contributed by atoms with Crippen LogP contribution >= 0.6 is 0 Å². The van der Waals surface area contributed by atoms with Gasteiger partial charge in [-0.1, -0.05) is 72.8 Å². The Morgan fingerprint density at radius 3 is 1.40 bits per heavy atom. The molecule has 0 spiro atoms. The van der Waals surface area contributed by atoms with Crippen LogP contribution in [-0.2, 0) is 26.4 Å². The third kappa shape index (κ3) is 12.3. The average molecular weight is 676 g/mol. The smallest absolute Gasteiger partial charge is 0.550 e. The number of benzene rings is 5. The van der Waals surface area contributed by atoms with E-state index in [0.29, 0.717) is 28.3 Å². The summed E-state index contributed by atoms with van der Waals surface area (Å²) in [6.45, 7) is 1.94. The van der Waals surface area contributed by atoms with Crippen LogP contribution in [0.2, 0.25) is 0 Å². The summed E-state index contributed by atoms with van der Waals surface area (Å²) < 4.78 is 5.39. The minimum absolute atomic E-state index is 0. The van der Waals surface area contributed by atoms with Crippen molar-refractivity contribution in [3.05, 3.63) is 126 Å². The molecule has 47 heavy (non-hydrogen) atoms. The van der Waals surface area contributed by atoms with E-state index < -0.39 is 11.9 Å². The standard InChI is InChI=1S/C33H26N2O3.2C2H4O2.Co/c1-38-29-14-15-30(34-21-27-18-25(12-16-32(27)36)23-8-4-2-5-9-23)31(20-29)35-22-28-19-26(13-17-33(28)37)24-10-6-3-7-11-24;2*1-2(3)4;/h2-22,36-37H,1H3;2*1H3,(H,3,4);/q;;;+2/p-2. The number of nitrogens with zero attached hydrogens (tertiary/aromatic N) is 2. The summed E-state index contributed by atoms with van der Waals surface area (Å²) in [5.74, 6) is -1.27. The number of phenols is 2. The molecular weight excluding hydrogens is 643 g/mol. The fraction of sp³-hybridized carbons (Fsp3) is 0.0811. The number of phenolic OH excluding ortho intramolecular Hbond substituents is 2. The molecule has 0 bridgehead atoms. The molecule has 0 saturated heterocycles. The largest absolute Gasteiger partial charge is 2.00 e. The van der Waals surface area contributed by atoms with Crippen molar-refractivity contribution >= 4 is 35.7 Å². The van der Waals surface area contributed by atoms with E-state index in [-0.39, 0.29) is 28.3 Å². The molecule has 10 heteroatoms. The molecule has 5 aromatic rings. The summed E-state index contributed by atoms with van der Waals surface area (Å²) >= 11 is 0. The van der Waals surface area contributed by atoms with Crippen molar-refractivity contribution in [1.82, 2.24) is 0 Å². The van der Waals surface area contributed by atoms with Crippen molar-refractivity contribution < 1.29 is 51.5 Å². The topological polar surface area (TPSA) is 155 Å². The first-order valence-corrected chi connectivity index (χ1v) is 14.0. The van der Waals surface area contributed by atoms with Gasteiger partial charge in [0.05, 0.1) is 18.5 Å². The van der Waals surface area contributed by atoms with Crippen molar-refractivity contribution in [1.29, 1.82) is 0 Å². The molecule has 0 amide bonds. The molecular formula is C37H32CoN2O7. The van der Waals surface area contributed by atoms with E-state index >= 15 is 0 Å². The number of methoxy groups -OCH3 is 1. The molecule has 5 rings (SSSR count). The van der Waals surface area contributed by atoms with Crippen LogP contribution in [0.25, 0.3) is 22.3 Å². The van der Waals surface area contributed by atoms with Crippen molar-refractivity contribution in [2.75, 3.05) is 7.11 Å². The minimum atomic E-state index is -1.08. The van der Waals surface area contributed by atoms with E-state index in [2.05, 4.69) is 9.98 Å². The zero-order valence-corrected chi connectivity index (χ0v) is 26.8. The Bertz CT molecular complexity index is 1810. The maximum Gasteiger partial charge on any atom is 2.00 e. The number of aliphatic imine (C=N–C) groups is 2. The number of hydrogen-bond acceptors (Lipinski definition) is 9. The summed E-state index contributed by atoms with van der Waals surface area (Å²) in [5, 5.41) is 38.7. The minimum Gasteiger partial charge on any atom is -0.550 e. The number of aromatic hydroxyl groups is 2. The Hall–Kier alpha value is -5.71. The van der Waals surface area contributed by atoms with Gasteiger partial charge in [0.15, 0.2) is 0 Å². The monoisotopic (exact) mass is 675 g/mol. The average Bonchev–Trinajstić information content (AvgIpc) is 3.04. The summed E-state index contributed by atoms with van der Waals surface area (Å²) in [6.07, 6.45) is 3.24. The Morgan fingerprint density at radius 2 is 1.00 bits per heavy atom. The Balaban J connectivity index is 0.000000769. The molecule has 0 fully saturated rings. The van der Waals surface area contributed by atoms with E-state index in [9.17, 15) is 10.2 Å². The van der Waals surface area contributed by atoms with Crippen LogP contribution in [0.15, 0.2) is 125 Å². The fourth-order valence-electron chi connectivity index (χ4n) is 4.06. The molecule has 0 aliphatic rings. The molecule has 0 heterocycles. The number of rotatable bonds is 7. The molecule has 0 unspecified atom stereocenters. The van der Waals surface area contributed by atoms with Crippen LogP contribution in [0.3, 0.4) is 0 Å². The second-order valence-corrected chi connectivity index (χ2v) is 9.63. The van der Waals surface area contributed by atoms with Gasteiger partial charge in [-0.15, -0.1) is 0 Å². The molecule has 241 valence electrons. The van der Waals surface area contributed by atoms with Crippen LogP contribution in [0.4, 0.5) is 11.4 Å². The van der Waals surface area contributed by atoms with Crippen molar-refractivity contribution in [3.63, 3.8) is 0 Å². The maximum atomic E-state index is 10.5. The third-order valence-electron chi connectivity index (χ3n) is 6.14. The van der Waals surface area contributed by atoms with E-state index in [0.717, 1.165) is 36.1 Å². The van der Waals surface area contributed by atoms with Crippen LogP contribution < -0.4 is 14.9 Å². The summed E-state index contributed by atoms with van der Waals surface area (Å²) in [4.78, 5) is 27.0. The second kappa shape index (κ2) is 18.9. The van der Waals surface area contributed by atoms with Crippen LogP contribution in [0.5, 0.6) is 17.2 Å². The fourth-order valence-corrected chi connectivity index (χ4v) is 4.06. The molecule has 2 N–H and O–H groups in total. The predicted octanol–water partition coefficient (Wildman–Crippen LogP) is 5.45. The first-order chi connectivity index (χ1) is 22.1. The van der Waals surface area contributed by atoms with Gasteiger partial charge in [-0.25, -0.2) is 0 Å². The number of aliphatic carboxylic acids is 2. The Kier molecular flexibility index (Phi) is 15.1. The van der Waals surface area contributed by atoms with E-state index in [1.54, 1.807) is 49.9 Å². The molecule has 0 aromatic heterocycles. The number of ether oxygens (including phenoxy) is 1. The first-order valence-electron chi connectivity index (χ1n) is 14.0. The van der Waals surface area contributed by atoms with Gasteiger partial charge in [0, 0.05) is 41.6 Å². The van der Waals surface area contributed by atoms with Gasteiger partial charge >= 0.3 is 16.8 Å². The zero-order chi connectivity index (χ0) is 33.5. The number of carbonyl (C=O) groups excluding carboxylic acids is 2. The SMILES string of the molecule is CC(=O)[O-].CC(=O)[O-].COc1ccc(N=Cc2cc(-c3ccccc3)ccc2O)c(N=Cc2cc(-c3ccccc3)ccc2O)c1.[Co+2]. The zero-order valence-electron chi connectivity index (χ0n) is 25.8. The van der Waals surface area contributed by atoms with E-state index in [1.807, 2.05) is 84.9 Å². The normalized spacial score (nSPS) is 10.2. The van der Waals surface area contributed by atoms with Crippen LogP contribution in [0, 0.1) is 0 Å². The summed E-state index contributed by atoms with van der Waals surface area (Å²) in [5.41, 5.74) is 6.37. The van der Waals surface area contributed by atoms with Crippen molar-refractivity contribution in [2.45, 2.75) is 13.8 Å². The van der Waals surface area contributed by atoms with Gasteiger partial charge in [0.2, 0.25) is 0 Å². The summed E-state index contributed by atoms with van der Waals surface area (Å²) in [7, 11) is 1.59. The summed E-state index contributed by atoms with van der Waals surface area (Å²) in [6, 6.07) is 36.2. The van der Waals surface area contributed by atoms with E-state index in [1.165, 1.54) is 0 Å². The van der Waals surface area contributed by atoms with Gasteiger partial charge in [0.1, 0.15) is 17.2 Å². The number of carboxylic acid groups (broad SMARTS) is 2. The van der Waals surface area contributed by atoms with Crippen LogP contribution in [0.1, 0.15) is 25.0 Å². The molecule has 0 aliphatic heterocycles. The number of carboxylic acids is 2. The predicted molar refractivity (Wildman–Crippen MR) is 176 cm³/mol. The van der Waals surface area contributed by atoms with Gasteiger partial charge < -0.3 is 34.8 Å². The Morgan fingerprint density at radius 1 is 0.596 bits per heavy atom. The maximum absolute atomic E-state index is 10.5. The molecule has 1 radical (unpaired) electrons. The molecule has 0 aliphatic carbocycles. The Labute approximate surface area is 283 Å². The number of carbonyl (C=O) groups is 2. The molecule has 5 aromatic carbocycles. The number of hydrogen-bond donors (Lipinski definition) is 2. The molecule has 0 saturated carbocycles. The van der Waals surface area contributed by atoms with Gasteiger partial charge in [0.25, 0.3) is 0 Å². The van der Waals surface area contributed by atoms with Gasteiger partial charge in [-0.05, 0) is 72.5 Å². The van der Waals surface area contributed by atoms with Crippen molar-refractivity contribution in [2.24, 2.45) is 9.98 Å². The van der Waals surface area contributed by atoms with E-state index in [4.69, 9.17) is 24.5 Å². The van der Waals surface area contributed by atoms with Crippen molar-refractivity contribution in [3.8, 4) is 39.5 Å². The second-order valence-electron chi connectivity index (χ2n) is 9.63. The van der Waals surface area contributed by atoms with Gasteiger partial charge in [-0.3, -0.25) is 9.98 Å². The first kappa shape index (κ1) is 37.5.